The minimum absolute atomic E-state index is 0.319. The van der Waals surface area contributed by atoms with Gasteiger partial charge in [-0.05, 0) is 45.0 Å². The van der Waals surface area contributed by atoms with Crippen molar-refractivity contribution >= 4 is 7.60 Å². The first-order valence-corrected chi connectivity index (χ1v) is 8.28. The Morgan fingerprint density at radius 1 is 1.21 bits per heavy atom. The second-order valence-electron chi connectivity index (χ2n) is 4.27. The molecule has 1 rings (SSSR count). The Morgan fingerprint density at radius 2 is 1.79 bits per heavy atom. The van der Waals surface area contributed by atoms with Crippen molar-refractivity contribution in [2.75, 3.05) is 33.1 Å². The number of rotatable bonds is 9. The maximum absolute atomic E-state index is 12.3. The standard InChI is InChI=1S/C13H23N2O3P/c1-4-17-19(16,18-5-2)12-15(3)11-8-13-6-9-14-10-7-13/h6-7,9-10H,4-5,8,11-12H2,1-3H3. The summed E-state index contributed by atoms with van der Waals surface area (Å²) in [5.41, 5.74) is 1.21. The van der Waals surface area contributed by atoms with E-state index in [0.29, 0.717) is 19.5 Å². The van der Waals surface area contributed by atoms with E-state index in [9.17, 15) is 4.57 Å². The zero-order valence-electron chi connectivity index (χ0n) is 11.9. The van der Waals surface area contributed by atoms with Crippen molar-refractivity contribution in [3.63, 3.8) is 0 Å². The molecule has 0 spiro atoms. The van der Waals surface area contributed by atoms with Gasteiger partial charge in [0.2, 0.25) is 0 Å². The van der Waals surface area contributed by atoms with Gasteiger partial charge < -0.3 is 9.05 Å². The smallest absolute Gasteiger partial charge is 0.308 e. The summed E-state index contributed by atoms with van der Waals surface area (Å²) in [6.45, 7) is 5.24. The fourth-order valence-corrected chi connectivity index (χ4v) is 3.51. The van der Waals surface area contributed by atoms with Gasteiger partial charge in [-0.1, -0.05) is 0 Å². The van der Waals surface area contributed by atoms with Crippen LogP contribution in [0.4, 0.5) is 0 Å². The molecule has 0 saturated heterocycles. The topological polar surface area (TPSA) is 51.7 Å². The normalized spacial score (nSPS) is 12.0. The van der Waals surface area contributed by atoms with Crippen molar-refractivity contribution in [1.29, 1.82) is 0 Å². The van der Waals surface area contributed by atoms with Crippen LogP contribution in [0, 0.1) is 0 Å². The lowest BCUT2D eigenvalue weighted by Gasteiger charge is -2.23. The van der Waals surface area contributed by atoms with Crippen LogP contribution in [0.25, 0.3) is 0 Å². The summed E-state index contributed by atoms with van der Waals surface area (Å²) in [5, 5.41) is 0. The molecule has 1 aromatic rings. The van der Waals surface area contributed by atoms with Crippen molar-refractivity contribution in [3.8, 4) is 0 Å². The highest BCUT2D eigenvalue weighted by Gasteiger charge is 2.25. The largest absolute Gasteiger partial charge is 0.344 e. The van der Waals surface area contributed by atoms with Gasteiger partial charge in [0.1, 0.15) is 6.29 Å². The summed E-state index contributed by atoms with van der Waals surface area (Å²) in [6.07, 6.45) is 4.76. The van der Waals surface area contributed by atoms with Crippen LogP contribution < -0.4 is 0 Å². The Morgan fingerprint density at radius 3 is 2.32 bits per heavy atom. The van der Waals surface area contributed by atoms with Crippen LogP contribution in [-0.2, 0) is 20.0 Å². The number of likely N-dealkylation sites (N-methyl/N-ethyl adjacent to an activating group) is 1. The van der Waals surface area contributed by atoms with Gasteiger partial charge >= 0.3 is 7.60 Å². The van der Waals surface area contributed by atoms with E-state index in [1.165, 1.54) is 5.56 Å². The highest BCUT2D eigenvalue weighted by Crippen LogP contribution is 2.48. The molecule has 0 aliphatic carbocycles. The van der Waals surface area contributed by atoms with Crippen molar-refractivity contribution < 1.29 is 13.6 Å². The maximum atomic E-state index is 12.3. The molecule has 0 aliphatic rings. The van der Waals surface area contributed by atoms with E-state index >= 15 is 0 Å². The predicted molar refractivity (Wildman–Crippen MR) is 76.3 cm³/mol. The van der Waals surface area contributed by atoms with Gasteiger partial charge in [0.05, 0.1) is 13.2 Å². The lowest BCUT2D eigenvalue weighted by Crippen LogP contribution is -2.24. The zero-order chi connectivity index (χ0) is 14.1. The first-order valence-electron chi connectivity index (χ1n) is 6.55. The monoisotopic (exact) mass is 286 g/mol. The molecule has 0 aliphatic heterocycles. The molecular weight excluding hydrogens is 263 g/mol. The summed E-state index contributed by atoms with van der Waals surface area (Å²) in [6, 6.07) is 3.97. The van der Waals surface area contributed by atoms with E-state index in [1.807, 2.05) is 37.9 Å². The van der Waals surface area contributed by atoms with Crippen LogP contribution in [0.15, 0.2) is 24.5 Å². The second kappa shape index (κ2) is 8.43. The number of aromatic nitrogens is 1. The van der Waals surface area contributed by atoms with Crippen molar-refractivity contribution in [1.82, 2.24) is 9.88 Å². The minimum atomic E-state index is -2.98. The Bertz CT molecular complexity index is 390. The van der Waals surface area contributed by atoms with Gasteiger partial charge in [-0.2, -0.15) is 0 Å². The molecular formula is C13H23N2O3P. The first-order chi connectivity index (χ1) is 9.09. The van der Waals surface area contributed by atoms with E-state index in [0.717, 1.165) is 13.0 Å². The summed E-state index contributed by atoms with van der Waals surface area (Å²) >= 11 is 0. The number of nitrogens with zero attached hydrogens (tertiary/aromatic N) is 2. The average molecular weight is 286 g/mol. The van der Waals surface area contributed by atoms with Crippen molar-refractivity contribution in [2.45, 2.75) is 20.3 Å². The van der Waals surface area contributed by atoms with Gasteiger partial charge in [0, 0.05) is 18.9 Å². The molecule has 6 heteroatoms. The average Bonchev–Trinajstić information content (AvgIpc) is 2.38. The molecule has 0 atom stereocenters. The van der Waals surface area contributed by atoms with Gasteiger partial charge in [-0.25, -0.2) is 0 Å². The summed E-state index contributed by atoms with van der Waals surface area (Å²) in [5.74, 6) is 0. The van der Waals surface area contributed by atoms with Gasteiger partial charge in [0.15, 0.2) is 0 Å². The summed E-state index contributed by atoms with van der Waals surface area (Å²) in [4.78, 5) is 5.96. The third-order valence-corrected chi connectivity index (χ3v) is 4.73. The SMILES string of the molecule is CCOP(=O)(CN(C)CCc1ccncc1)OCC. The number of hydrogen-bond donors (Lipinski definition) is 0. The van der Waals surface area contributed by atoms with E-state index in [4.69, 9.17) is 9.05 Å². The molecule has 1 aromatic heterocycles. The number of hydrogen-bond acceptors (Lipinski definition) is 5. The lowest BCUT2D eigenvalue weighted by atomic mass is 10.2. The highest BCUT2D eigenvalue weighted by molar-refractivity contribution is 7.53. The molecule has 0 radical (unpaired) electrons. The van der Waals surface area contributed by atoms with E-state index in [2.05, 4.69) is 4.98 Å². The van der Waals surface area contributed by atoms with Gasteiger partial charge in [-0.15, -0.1) is 0 Å². The Kier molecular flexibility index (Phi) is 7.24. The van der Waals surface area contributed by atoms with E-state index < -0.39 is 7.60 Å². The van der Waals surface area contributed by atoms with Crippen LogP contribution >= 0.6 is 7.60 Å². The van der Waals surface area contributed by atoms with Gasteiger partial charge in [0.25, 0.3) is 0 Å². The molecule has 5 nitrogen and oxygen atoms in total. The fourth-order valence-electron chi connectivity index (χ4n) is 1.75. The molecule has 0 fully saturated rings. The Labute approximate surface area is 115 Å². The Balaban J connectivity index is 2.44. The Hall–Kier alpha value is -0.740. The molecule has 0 N–H and O–H groups in total. The fraction of sp³-hybridized carbons (Fsp3) is 0.615. The van der Waals surface area contributed by atoms with Crippen LogP contribution in [-0.4, -0.2) is 43.0 Å². The molecule has 1 heterocycles. The van der Waals surface area contributed by atoms with Crippen molar-refractivity contribution in [2.24, 2.45) is 0 Å². The van der Waals surface area contributed by atoms with E-state index in [-0.39, 0.29) is 0 Å². The predicted octanol–water partition coefficient (Wildman–Crippen LogP) is 2.78. The molecule has 0 aromatic carbocycles. The van der Waals surface area contributed by atoms with Crippen LogP contribution in [0.3, 0.4) is 0 Å². The minimum Gasteiger partial charge on any atom is -0.308 e. The van der Waals surface area contributed by atoms with E-state index in [1.54, 1.807) is 12.4 Å². The zero-order valence-corrected chi connectivity index (χ0v) is 12.8. The summed E-state index contributed by atoms with van der Waals surface area (Å²) in [7, 11) is -1.06. The number of pyridine rings is 1. The van der Waals surface area contributed by atoms with Crippen LogP contribution in [0.1, 0.15) is 19.4 Å². The first kappa shape index (κ1) is 16.3. The maximum Gasteiger partial charge on any atom is 0.344 e. The second-order valence-corrected chi connectivity index (χ2v) is 6.29. The summed E-state index contributed by atoms with van der Waals surface area (Å²) < 4.78 is 22.9. The molecule has 0 bridgehead atoms. The van der Waals surface area contributed by atoms with Gasteiger partial charge in [-0.3, -0.25) is 14.4 Å². The molecule has 108 valence electrons. The highest BCUT2D eigenvalue weighted by atomic mass is 31.2. The third-order valence-electron chi connectivity index (χ3n) is 2.60. The third kappa shape index (κ3) is 6.30. The molecule has 0 amide bonds. The van der Waals surface area contributed by atoms with Crippen LogP contribution in [0.2, 0.25) is 0 Å². The lowest BCUT2D eigenvalue weighted by molar-refractivity contribution is 0.203. The molecule has 0 saturated carbocycles. The quantitative estimate of drug-likeness (QED) is 0.653. The van der Waals surface area contributed by atoms with Crippen molar-refractivity contribution in [3.05, 3.63) is 30.1 Å². The van der Waals surface area contributed by atoms with Crippen LogP contribution in [0.5, 0.6) is 0 Å². The molecule has 19 heavy (non-hydrogen) atoms. The molecule has 0 unspecified atom stereocenters.